The molecule has 3 amide bonds. The molecule has 1 atom stereocenters. The number of anilines is 2. The van der Waals surface area contributed by atoms with E-state index >= 15 is 0 Å². The van der Waals surface area contributed by atoms with Crippen molar-refractivity contribution in [2.24, 2.45) is 0 Å². The summed E-state index contributed by atoms with van der Waals surface area (Å²) in [7, 11) is 1.49. The number of halogens is 7. The molecule has 0 aliphatic heterocycles. The molecule has 4 aromatic rings. The van der Waals surface area contributed by atoms with Crippen LogP contribution in [0.2, 0.25) is 0 Å². The van der Waals surface area contributed by atoms with Crippen molar-refractivity contribution in [1.82, 2.24) is 5.32 Å². The quantitative estimate of drug-likeness (QED) is 0.0683. The SMILES string of the molecule is COc1ccc(/C=C(/NC(=O)c2ccccc2)C(=O)Nc2cccc(SC(C)C(=O)Nc3c(F)c(F)c(C(F)(F)F)c(F)c3F)c2)cc1. The van der Waals surface area contributed by atoms with E-state index in [4.69, 9.17) is 4.74 Å². The second-order valence-electron chi connectivity index (χ2n) is 9.89. The molecule has 3 N–H and O–H groups in total. The number of alkyl halides is 3. The highest BCUT2D eigenvalue weighted by Gasteiger charge is 2.42. The number of benzene rings is 4. The minimum atomic E-state index is -5.73. The van der Waals surface area contributed by atoms with Crippen LogP contribution in [0, 0.1) is 23.3 Å². The molecule has 4 rings (SSSR count). The normalized spacial score (nSPS) is 12.2. The van der Waals surface area contributed by atoms with Crippen LogP contribution in [0.1, 0.15) is 28.4 Å². The van der Waals surface area contributed by atoms with Crippen molar-refractivity contribution >= 4 is 46.9 Å². The molecule has 0 aliphatic rings. The van der Waals surface area contributed by atoms with Gasteiger partial charge in [0, 0.05) is 16.1 Å². The van der Waals surface area contributed by atoms with Crippen molar-refractivity contribution in [3.8, 4) is 5.75 Å². The Labute approximate surface area is 273 Å². The number of ether oxygens (including phenoxy) is 1. The summed E-state index contributed by atoms with van der Waals surface area (Å²) in [6, 6.07) is 20.7. The summed E-state index contributed by atoms with van der Waals surface area (Å²) in [5, 5.41) is 5.61. The van der Waals surface area contributed by atoms with Crippen molar-refractivity contribution in [3.05, 3.63) is 125 Å². The van der Waals surface area contributed by atoms with Crippen molar-refractivity contribution < 1.29 is 49.9 Å². The Morgan fingerprint density at radius 3 is 2.02 bits per heavy atom. The van der Waals surface area contributed by atoms with Gasteiger partial charge in [0.15, 0.2) is 23.3 Å². The molecule has 250 valence electrons. The van der Waals surface area contributed by atoms with E-state index in [-0.39, 0.29) is 16.9 Å². The van der Waals surface area contributed by atoms with Crippen LogP contribution in [0.5, 0.6) is 5.75 Å². The zero-order chi connectivity index (χ0) is 35.2. The number of carbonyl (C=O) groups is 3. The summed E-state index contributed by atoms with van der Waals surface area (Å²) in [5.41, 5.74) is -3.56. The Kier molecular flexibility index (Phi) is 11.2. The fraction of sp³-hybridized carbons (Fsp3) is 0.121. The molecule has 7 nitrogen and oxygen atoms in total. The molecule has 0 spiro atoms. The standard InChI is InChI=1S/C33H24F7N3O4S/c1-17(30(44)43-29-27(36)25(34)24(33(38,39)40)26(35)28(29)37)48-22-10-6-9-20(16-22)41-32(46)23(15-18-11-13-21(47-2)14-12-18)42-31(45)19-7-4-3-5-8-19/h3-17H,1-2H3,(H,41,46)(H,42,45)(H,43,44)/b23-15+. The Hall–Kier alpha value is -5.31. The van der Waals surface area contributed by atoms with Crippen molar-refractivity contribution in [3.63, 3.8) is 0 Å². The van der Waals surface area contributed by atoms with E-state index in [2.05, 4.69) is 10.6 Å². The molecule has 1 unspecified atom stereocenters. The maximum absolute atomic E-state index is 14.3. The minimum absolute atomic E-state index is 0.125. The van der Waals surface area contributed by atoms with E-state index < -0.39 is 63.7 Å². The number of nitrogens with one attached hydrogen (secondary N) is 3. The Morgan fingerprint density at radius 1 is 0.812 bits per heavy atom. The van der Waals surface area contributed by atoms with Crippen molar-refractivity contribution in [1.29, 1.82) is 0 Å². The molecule has 48 heavy (non-hydrogen) atoms. The van der Waals surface area contributed by atoms with Crippen LogP contribution in [-0.2, 0) is 15.8 Å². The van der Waals surface area contributed by atoms with Crippen LogP contribution in [-0.4, -0.2) is 30.1 Å². The van der Waals surface area contributed by atoms with E-state index in [1.807, 2.05) is 0 Å². The van der Waals surface area contributed by atoms with Gasteiger partial charge in [-0.1, -0.05) is 36.4 Å². The molecule has 0 heterocycles. The summed E-state index contributed by atoms with van der Waals surface area (Å²) in [5.74, 6) is -12.2. The van der Waals surface area contributed by atoms with E-state index in [9.17, 15) is 45.1 Å². The first-order chi connectivity index (χ1) is 22.7. The van der Waals surface area contributed by atoms with Gasteiger partial charge in [-0.25, -0.2) is 17.6 Å². The van der Waals surface area contributed by atoms with Crippen LogP contribution < -0.4 is 20.7 Å². The number of hydrogen-bond acceptors (Lipinski definition) is 5. The zero-order valence-corrected chi connectivity index (χ0v) is 25.7. The second-order valence-corrected chi connectivity index (χ2v) is 11.3. The Morgan fingerprint density at radius 2 is 1.44 bits per heavy atom. The van der Waals surface area contributed by atoms with Gasteiger partial charge < -0.3 is 20.7 Å². The van der Waals surface area contributed by atoms with Crippen LogP contribution in [0.4, 0.5) is 42.1 Å². The lowest BCUT2D eigenvalue weighted by molar-refractivity contribution is -0.143. The predicted molar refractivity (Wildman–Crippen MR) is 165 cm³/mol. The first kappa shape index (κ1) is 35.5. The van der Waals surface area contributed by atoms with Gasteiger partial charge in [-0.05, 0) is 61.0 Å². The van der Waals surface area contributed by atoms with Gasteiger partial charge in [0.2, 0.25) is 5.91 Å². The minimum Gasteiger partial charge on any atom is -0.497 e. The fourth-order valence-electron chi connectivity index (χ4n) is 4.13. The molecule has 15 heteroatoms. The van der Waals surface area contributed by atoms with Crippen LogP contribution >= 0.6 is 11.8 Å². The zero-order valence-electron chi connectivity index (χ0n) is 24.8. The second kappa shape index (κ2) is 15.1. The third-order valence-electron chi connectivity index (χ3n) is 6.52. The van der Waals surface area contributed by atoms with Crippen LogP contribution in [0.15, 0.2) is 89.5 Å². The molecule has 0 fully saturated rings. The lowest BCUT2D eigenvalue weighted by Crippen LogP contribution is -2.30. The lowest BCUT2D eigenvalue weighted by Gasteiger charge is -2.17. The number of hydrogen-bond donors (Lipinski definition) is 3. The Bertz CT molecular complexity index is 1840. The van der Waals surface area contributed by atoms with Gasteiger partial charge in [0.1, 0.15) is 22.7 Å². The molecule has 0 radical (unpaired) electrons. The third kappa shape index (κ3) is 8.53. The van der Waals surface area contributed by atoms with E-state index in [1.54, 1.807) is 59.9 Å². The maximum Gasteiger partial charge on any atom is 0.422 e. The van der Waals surface area contributed by atoms with Gasteiger partial charge in [0.05, 0.1) is 12.4 Å². The summed E-state index contributed by atoms with van der Waals surface area (Å²) in [4.78, 5) is 39.2. The number of thioether (sulfide) groups is 1. The molecule has 0 aromatic heterocycles. The van der Waals surface area contributed by atoms with E-state index in [0.717, 1.165) is 11.8 Å². The number of rotatable bonds is 10. The highest BCUT2D eigenvalue weighted by atomic mass is 32.2. The van der Waals surface area contributed by atoms with Gasteiger partial charge in [0.25, 0.3) is 11.8 Å². The Balaban J connectivity index is 1.51. The highest BCUT2D eigenvalue weighted by molar-refractivity contribution is 8.00. The summed E-state index contributed by atoms with van der Waals surface area (Å²) in [6.07, 6.45) is -4.30. The van der Waals surface area contributed by atoms with Crippen molar-refractivity contribution in [2.45, 2.75) is 23.2 Å². The van der Waals surface area contributed by atoms with Crippen LogP contribution in [0.3, 0.4) is 0 Å². The average molecular weight is 692 g/mol. The molecule has 0 aliphatic carbocycles. The van der Waals surface area contributed by atoms with Gasteiger partial charge in [-0.15, -0.1) is 11.8 Å². The number of amides is 3. The molecular weight excluding hydrogens is 667 g/mol. The van der Waals surface area contributed by atoms with E-state index in [0.29, 0.717) is 16.2 Å². The lowest BCUT2D eigenvalue weighted by atomic mass is 10.1. The van der Waals surface area contributed by atoms with Gasteiger partial charge >= 0.3 is 6.18 Å². The topological polar surface area (TPSA) is 96.5 Å². The van der Waals surface area contributed by atoms with Crippen LogP contribution in [0.25, 0.3) is 6.08 Å². The maximum atomic E-state index is 14.3. The summed E-state index contributed by atoms with van der Waals surface area (Å²) < 4.78 is 100. The summed E-state index contributed by atoms with van der Waals surface area (Å²) in [6.45, 7) is 1.26. The average Bonchev–Trinajstić information content (AvgIpc) is 3.05. The first-order valence-corrected chi connectivity index (χ1v) is 14.6. The molecular formula is C33H24F7N3O4S. The fourth-order valence-corrected chi connectivity index (χ4v) is 5.05. The monoisotopic (exact) mass is 691 g/mol. The third-order valence-corrected chi connectivity index (χ3v) is 7.62. The molecule has 0 bridgehead atoms. The molecule has 4 aromatic carbocycles. The molecule has 0 saturated heterocycles. The molecule has 0 saturated carbocycles. The summed E-state index contributed by atoms with van der Waals surface area (Å²) >= 11 is 0.790. The highest BCUT2D eigenvalue weighted by Crippen LogP contribution is 2.39. The number of methoxy groups -OCH3 is 1. The number of carbonyl (C=O) groups excluding carboxylic acids is 3. The smallest absolute Gasteiger partial charge is 0.422 e. The predicted octanol–water partition coefficient (Wildman–Crippen LogP) is 7.80. The van der Waals surface area contributed by atoms with Gasteiger partial charge in [-0.2, -0.15) is 13.2 Å². The largest absolute Gasteiger partial charge is 0.497 e. The first-order valence-electron chi connectivity index (χ1n) is 13.7. The van der Waals surface area contributed by atoms with E-state index in [1.165, 1.54) is 44.4 Å². The van der Waals surface area contributed by atoms with Gasteiger partial charge in [-0.3, -0.25) is 14.4 Å². The van der Waals surface area contributed by atoms with Crippen molar-refractivity contribution in [2.75, 3.05) is 17.7 Å².